The molecule has 126 valence electrons. The minimum Gasteiger partial charge on any atom is -0.413 e. The highest BCUT2D eigenvalue weighted by Gasteiger charge is 2.43. The van der Waals surface area contributed by atoms with Crippen LogP contribution in [0.15, 0.2) is 11.8 Å². The Kier molecular flexibility index (Phi) is 7.95. The number of nitrogens with one attached hydrogen (secondary N) is 2. The minimum absolute atomic E-state index is 0.447. The molecule has 1 atom stereocenters. The number of hydrogen-bond donors (Lipinski definition) is 2. The third kappa shape index (κ3) is 6.29. The zero-order valence-corrected chi connectivity index (χ0v) is 18.4. The Morgan fingerprint density at radius 2 is 1.19 bits per heavy atom. The van der Waals surface area contributed by atoms with E-state index in [2.05, 4.69) is 91.1 Å². The molecule has 0 aliphatic heterocycles. The number of hydrogen-bond acceptors (Lipinski definition) is 2. The van der Waals surface area contributed by atoms with E-state index in [1.54, 1.807) is 0 Å². The molecule has 0 aliphatic rings. The molecule has 0 spiro atoms. The van der Waals surface area contributed by atoms with Crippen molar-refractivity contribution in [2.75, 3.05) is 0 Å². The van der Waals surface area contributed by atoms with Crippen LogP contribution in [-0.4, -0.2) is 22.5 Å². The first-order valence-corrected chi connectivity index (χ1v) is 14.3. The van der Waals surface area contributed by atoms with E-state index in [9.17, 15) is 0 Å². The fourth-order valence-corrected chi connectivity index (χ4v) is 11.0. The molecule has 2 nitrogen and oxygen atoms in total. The van der Waals surface area contributed by atoms with Crippen LogP contribution in [0.1, 0.15) is 55.4 Å². The average Bonchev–Trinajstić information content (AvgIpc) is 2.20. The molecule has 2 N–H and O–H groups in total. The molecule has 0 fully saturated rings. The molecule has 0 heterocycles. The quantitative estimate of drug-likeness (QED) is 0.577. The lowest BCUT2D eigenvalue weighted by Gasteiger charge is -2.44. The van der Waals surface area contributed by atoms with Crippen molar-refractivity contribution in [1.29, 1.82) is 0 Å². The SMILES string of the molecule is C/C(=C/C(C)N[Si](C)(C)C)N[Si](C(C)C)(C(C)C)C(C)C. The molecular weight excluding hydrogens is 288 g/mol. The van der Waals surface area contributed by atoms with Crippen molar-refractivity contribution < 1.29 is 0 Å². The van der Waals surface area contributed by atoms with Crippen LogP contribution in [0.2, 0.25) is 36.3 Å². The summed E-state index contributed by atoms with van der Waals surface area (Å²) in [5, 5.41) is 0. The van der Waals surface area contributed by atoms with E-state index in [0.29, 0.717) is 6.04 Å². The molecule has 4 heteroatoms. The summed E-state index contributed by atoms with van der Waals surface area (Å²) in [4.78, 5) is 7.78. The van der Waals surface area contributed by atoms with Gasteiger partial charge in [-0.15, -0.1) is 0 Å². The highest BCUT2D eigenvalue weighted by atomic mass is 28.3. The highest BCUT2D eigenvalue weighted by molar-refractivity contribution is 6.81. The van der Waals surface area contributed by atoms with Crippen molar-refractivity contribution in [1.82, 2.24) is 9.96 Å². The normalized spacial score (nSPS) is 16.0. The van der Waals surface area contributed by atoms with Gasteiger partial charge in [-0.25, -0.2) is 0 Å². The monoisotopic (exact) mass is 328 g/mol. The van der Waals surface area contributed by atoms with E-state index in [1.165, 1.54) is 5.70 Å². The van der Waals surface area contributed by atoms with E-state index < -0.39 is 16.5 Å². The highest BCUT2D eigenvalue weighted by Crippen LogP contribution is 2.39. The molecule has 0 saturated carbocycles. The third-order valence-electron chi connectivity index (χ3n) is 4.44. The van der Waals surface area contributed by atoms with E-state index >= 15 is 0 Å². The standard InChI is InChI=1S/C17H40N2Si2/c1-13(2)21(14(3)4,15(5)6)19-17(8)12-16(7)18-20(9,10)11/h12-16,18-19H,1-11H3/b17-12-. The average molecular weight is 329 g/mol. The van der Waals surface area contributed by atoms with Gasteiger partial charge in [0.15, 0.2) is 8.24 Å². The van der Waals surface area contributed by atoms with Gasteiger partial charge in [0.05, 0.1) is 0 Å². The van der Waals surface area contributed by atoms with Gasteiger partial charge in [-0.05, 0) is 36.2 Å². The summed E-state index contributed by atoms with van der Waals surface area (Å²) in [7, 11) is -2.77. The van der Waals surface area contributed by atoms with Crippen molar-refractivity contribution in [2.45, 2.75) is 97.7 Å². The number of allylic oxidation sites excluding steroid dienone is 1. The maximum Gasteiger partial charge on any atom is 0.160 e. The van der Waals surface area contributed by atoms with Gasteiger partial charge in [0, 0.05) is 6.04 Å². The lowest BCUT2D eigenvalue weighted by molar-refractivity contribution is 0.753. The van der Waals surface area contributed by atoms with Gasteiger partial charge in [-0.2, -0.15) is 0 Å². The summed E-state index contributed by atoms with van der Waals surface area (Å²) >= 11 is 0. The van der Waals surface area contributed by atoms with E-state index in [4.69, 9.17) is 0 Å². The topological polar surface area (TPSA) is 24.1 Å². The molecule has 0 radical (unpaired) electrons. The summed E-state index contributed by atoms with van der Waals surface area (Å²) in [5.41, 5.74) is 3.57. The van der Waals surface area contributed by atoms with Crippen molar-refractivity contribution in [2.24, 2.45) is 0 Å². The van der Waals surface area contributed by atoms with Crippen molar-refractivity contribution >= 4 is 16.5 Å². The second-order valence-electron chi connectivity index (χ2n) is 8.55. The summed E-state index contributed by atoms with van der Waals surface area (Å²) in [5.74, 6) is 0. The Bertz CT molecular complexity index is 319. The van der Waals surface area contributed by atoms with Crippen LogP contribution >= 0.6 is 0 Å². The van der Waals surface area contributed by atoms with Crippen LogP contribution in [0.5, 0.6) is 0 Å². The van der Waals surface area contributed by atoms with Gasteiger partial charge in [-0.3, -0.25) is 0 Å². The Hall–Kier alpha value is -0.0662. The smallest absolute Gasteiger partial charge is 0.160 e. The molecule has 0 bridgehead atoms. The Labute approximate surface area is 136 Å². The maximum absolute atomic E-state index is 4.02. The van der Waals surface area contributed by atoms with Gasteiger partial charge in [0.1, 0.15) is 8.24 Å². The molecule has 0 aromatic carbocycles. The molecule has 0 rings (SSSR count). The third-order valence-corrected chi connectivity index (χ3v) is 12.3. The lowest BCUT2D eigenvalue weighted by Crippen LogP contribution is -2.57. The number of rotatable bonds is 8. The molecule has 0 saturated heterocycles. The first-order valence-electron chi connectivity index (χ1n) is 8.57. The summed E-state index contributed by atoms with van der Waals surface area (Å²) in [6.07, 6.45) is 2.38. The molecule has 1 unspecified atom stereocenters. The van der Waals surface area contributed by atoms with Gasteiger partial charge in [-0.1, -0.05) is 67.3 Å². The molecule has 0 amide bonds. The van der Waals surface area contributed by atoms with Crippen molar-refractivity contribution in [3.8, 4) is 0 Å². The molecular formula is C17H40N2Si2. The van der Waals surface area contributed by atoms with Crippen molar-refractivity contribution in [3.63, 3.8) is 0 Å². The minimum atomic E-state index is -1.55. The van der Waals surface area contributed by atoms with Crippen LogP contribution < -0.4 is 9.96 Å². The van der Waals surface area contributed by atoms with Crippen molar-refractivity contribution in [3.05, 3.63) is 11.8 Å². The zero-order chi connectivity index (χ0) is 17.0. The largest absolute Gasteiger partial charge is 0.413 e. The molecule has 0 aromatic heterocycles. The predicted octanol–water partition coefficient (Wildman–Crippen LogP) is 5.47. The maximum atomic E-state index is 4.02. The summed E-state index contributed by atoms with van der Waals surface area (Å²) in [6.45, 7) is 26.0. The zero-order valence-electron chi connectivity index (χ0n) is 16.4. The van der Waals surface area contributed by atoms with Crippen LogP contribution in [-0.2, 0) is 0 Å². The Balaban J connectivity index is 5.18. The van der Waals surface area contributed by atoms with Gasteiger partial charge >= 0.3 is 0 Å². The Morgan fingerprint density at radius 1 is 0.810 bits per heavy atom. The van der Waals surface area contributed by atoms with Gasteiger partial charge < -0.3 is 9.96 Å². The summed E-state index contributed by atoms with van der Waals surface area (Å²) in [6, 6.07) is 0.447. The van der Waals surface area contributed by atoms with Crippen LogP contribution in [0.3, 0.4) is 0 Å². The molecule has 21 heavy (non-hydrogen) atoms. The predicted molar refractivity (Wildman–Crippen MR) is 104 cm³/mol. The fraction of sp³-hybridized carbons (Fsp3) is 0.882. The molecule has 0 aromatic rings. The van der Waals surface area contributed by atoms with Gasteiger partial charge in [0.25, 0.3) is 0 Å². The second-order valence-corrected chi connectivity index (χ2v) is 18.9. The summed E-state index contributed by atoms with van der Waals surface area (Å²) < 4.78 is 0. The van der Waals surface area contributed by atoms with E-state index in [1.807, 2.05) is 0 Å². The lowest BCUT2D eigenvalue weighted by atomic mass is 10.3. The molecule has 0 aliphatic carbocycles. The Morgan fingerprint density at radius 3 is 1.48 bits per heavy atom. The first-order chi connectivity index (χ1) is 9.32. The fourth-order valence-electron chi connectivity index (χ4n) is 3.92. The van der Waals surface area contributed by atoms with E-state index in [0.717, 1.165) is 16.6 Å². The van der Waals surface area contributed by atoms with Crippen LogP contribution in [0, 0.1) is 0 Å². The van der Waals surface area contributed by atoms with Crippen LogP contribution in [0.25, 0.3) is 0 Å². The van der Waals surface area contributed by atoms with Gasteiger partial charge in [0.2, 0.25) is 0 Å². The second kappa shape index (κ2) is 7.98. The van der Waals surface area contributed by atoms with E-state index in [-0.39, 0.29) is 0 Å². The van der Waals surface area contributed by atoms with Crippen LogP contribution in [0.4, 0.5) is 0 Å². The first kappa shape index (κ1) is 20.9.